The van der Waals surface area contributed by atoms with Crippen LogP contribution in [0.15, 0.2) is 314 Å². The molecule has 0 fully saturated rings. The van der Waals surface area contributed by atoms with Crippen LogP contribution in [-0.2, 0) is 0 Å². The number of nitrogens with zero attached hydrogens (tertiary/aromatic N) is 2. The molecule has 2 aliphatic rings. The summed E-state index contributed by atoms with van der Waals surface area (Å²) in [7, 11) is 0. The van der Waals surface area contributed by atoms with Crippen molar-refractivity contribution < 1.29 is 4.42 Å². The van der Waals surface area contributed by atoms with E-state index >= 15 is 0 Å². The number of rotatable bonds is 6. The van der Waals surface area contributed by atoms with Crippen molar-refractivity contribution in [2.75, 3.05) is 9.80 Å². The van der Waals surface area contributed by atoms with Gasteiger partial charge in [-0.05, 0) is 140 Å². The molecule has 2 aliphatic heterocycles. The molecule has 0 N–H and O–H groups in total. The van der Waals surface area contributed by atoms with Crippen molar-refractivity contribution in [3.05, 3.63) is 309 Å². The second kappa shape index (κ2) is 19.0. The molecule has 0 atom stereocenters. The van der Waals surface area contributed by atoms with Gasteiger partial charge in [0.25, 0.3) is 6.71 Å². The second-order valence-corrected chi connectivity index (χ2v) is 23.8. The minimum atomic E-state index is -0.288. The van der Waals surface area contributed by atoms with Crippen LogP contribution in [0, 0.1) is 0 Å². The van der Waals surface area contributed by atoms with Crippen LogP contribution in [0.1, 0.15) is 0 Å². The van der Waals surface area contributed by atoms with Gasteiger partial charge in [-0.1, -0.05) is 273 Å². The maximum atomic E-state index is 7.54. The van der Waals surface area contributed by atoms with Crippen molar-refractivity contribution in [2.45, 2.75) is 0 Å². The quantitative estimate of drug-likeness (QED) is 0.122. The zero-order valence-corrected chi connectivity index (χ0v) is 47.8. The fourth-order valence-electron chi connectivity index (χ4n) is 15.3. The van der Waals surface area contributed by atoms with E-state index < -0.39 is 0 Å². The van der Waals surface area contributed by atoms with Crippen molar-refractivity contribution in [1.82, 2.24) is 0 Å². The second-order valence-electron chi connectivity index (χ2n) is 23.8. The lowest BCUT2D eigenvalue weighted by atomic mass is 9.33. The molecule has 0 radical (unpaired) electrons. The van der Waals surface area contributed by atoms with Gasteiger partial charge >= 0.3 is 0 Å². The minimum absolute atomic E-state index is 0.288. The van der Waals surface area contributed by atoms with E-state index in [0.717, 1.165) is 100 Å². The Balaban J connectivity index is 1.01. The smallest absolute Gasteiger partial charge is 0.252 e. The predicted octanol–water partition coefficient (Wildman–Crippen LogP) is 21.3. The van der Waals surface area contributed by atoms with Crippen LogP contribution in [0.5, 0.6) is 0 Å². The molecule has 406 valence electrons. The average Bonchev–Trinajstić information content (AvgIpc) is 1.06. The Bertz CT molecular complexity index is 5660. The van der Waals surface area contributed by atoms with E-state index in [9.17, 15) is 0 Å². The lowest BCUT2D eigenvalue weighted by Crippen LogP contribution is -2.61. The molecule has 3 nitrogen and oxygen atoms in total. The fourth-order valence-corrected chi connectivity index (χ4v) is 15.3. The fraction of sp³-hybridized carbons (Fsp3) is 0. The van der Waals surface area contributed by atoms with Crippen molar-refractivity contribution in [3.63, 3.8) is 0 Å². The summed E-state index contributed by atoms with van der Waals surface area (Å²) in [5.41, 5.74) is 21.3. The third kappa shape index (κ3) is 7.15. The van der Waals surface area contributed by atoms with Gasteiger partial charge < -0.3 is 14.2 Å². The number of anilines is 6. The number of fused-ring (bicyclic) bond motifs is 16. The van der Waals surface area contributed by atoms with Gasteiger partial charge in [-0.3, -0.25) is 0 Å². The molecular weight excluding hydrogens is 1060 g/mol. The van der Waals surface area contributed by atoms with Gasteiger partial charge in [-0.2, -0.15) is 0 Å². The molecular formula is C84H51BN2O. The van der Waals surface area contributed by atoms with Crippen LogP contribution in [0.4, 0.5) is 34.1 Å². The van der Waals surface area contributed by atoms with Gasteiger partial charge in [0.15, 0.2) is 5.58 Å². The van der Waals surface area contributed by atoms with Crippen LogP contribution in [0.3, 0.4) is 0 Å². The molecule has 88 heavy (non-hydrogen) atoms. The zero-order valence-electron chi connectivity index (χ0n) is 47.8. The standard InChI is InChI=1S/C84H51BN2O/c1-3-21-52(22-4-1)64-43-39-54-25-7-13-31-62(54)81(64)86-76-45-41-58(71-47-56-27-9-11-29-60(56)66-33-15-17-35-68(66)71)49-74(76)85-75-50-59(72-48-57-28-10-12-30-61(57)67-34-16-18-36-69(67)72)42-46-77(75)87(83-80(85)78(86)51-73-70-37-19-20-38-79(70)88-84(73)83)82-63-32-14-8-26-55(63)40-44-65(82)53-23-5-2-6-24-53/h1-51H. The highest BCUT2D eigenvalue weighted by Gasteiger charge is 2.47. The topological polar surface area (TPSA) is 19.6 Å². The van der Waals surface area contributed by atoms with Crippen molar-refractivity contribution in [1.29, 1.82) is 0 Å². The van der Waals surface area contributed by atoms with E-state index in [1.165, 1.54) is 81.4 Å². The summed E-state index contributed by atoms with van der Waals surface area (Å²) < 4.78 is 7.54. The number of hydrogen-bond donors (Lipinski definition) is 0. The molecule has 0 amide bonds. The summed E-state index contributed by atoms with van der Waals surface area (Å²) in [6.45, 7) is -0.288. The van der Waals surface area contributed by atoms with Gasteiger partial charge in [-0.15, -0.1) is 0 Å². The molecule has 0 spiro atoms. The van der Waals surface area contributed by atoms with E-state index in [1.54, 1.807) is 0 Å². The normalized spacial score (nSPS) is 12.7. The molecule has 16 aromatic carbocycles. The Morgan fingerprint density at radius 2 is 0.659 bits per heavy atom. The first kappa shape index (κ1) is 48.9. The van der Waals surface area contributed by atoms with Crippen LogP contribution in [0.2, 0.25) is 0 Å². The molecule has 0 saturated carbocycles. The first-order valence-electron chi connectivity index (χ1n) is 30.5. The van der Waals surface area contributed by atoms with E-state index in [-0.39, 0.29) is 6.71 Å². The number of furan rings is 1. The first-order valence-corrected chi connectivity index (χ1v) is 30.5. The van der Waals surface area contributed by atoms with Crippen LogP contribution < -0.4 is 26.2 Å². The summed E-state index contributed by atoms with van der Waals surface area (Å²) >= 11 is 0. The third-order valence-corrected chi connectivity index (χ3v) is 19.1. The van der Waals surface area contributed by atoms with E-state index in [1.807, 2.05) is 0 Å². The van der Waals surface area contributed by atoms with E-state index in [2.05, 4.69) is 319 Å². The first-order chi connectivity index (χ1) is 43.7. The molecule has 19 rings (SSSR count). The Hall–Kier alpha value is -11.5. The van der Waals surface area contributed by atoms with E-state index in [4.69, 9.17) is 4.42 Å². The molecule has 4 heteroatoms. The van der Waals surface area contributed by atoms with Gasteiger partial charge in [0.05, 0.1) is 17.1 Å². The summed E-state index contributed by atoms with van der Waals surface area (Å²) in [4.78, 5) is 5.26. The molecule has 17 aromatic rings. The third-order valence-electron chi connectivity index (χ3n) is 19.1. The molecule has 3 heterocycles. The Labute approximate surface area is 508 Å². The van der Waals surface area contributed by atoms with Gasteiger partial charge in [-0.25, -0.2) is 0 Å². The number of benzene rings is 16. The molecule has 0 bridgehead atoms. The molecule has 1 aromatic heterocycles. The predicted molar refractivity (Wildman–Crippen MR) is 375 cm³/mol. The molecule has 0 saturated heterocycles. The summed E-state index contributed by atoms with van der Waals surface area (Å²) in [5.74, 6) is 0. The molecule has 0 aliphatic carbocycles. The van der Waals surface area contributed by atoms with Gasteiger partial charge in [0.2, 0.25) is 0 Å². The Morgan fingerprint density at radius 3 is 1.19 bits per heavy atom. The van der Waals surface area contributed by atoms with Gasteiger partial charge in [0.1, 0.15) is 5.58 Å². The maximum absolute atomic E-state index is 7.54. The lowest BCUT2D eigenvalue weighted by molar-refractivity contribution is 0.669. The summed E-state index contributed by atoms with van der Waals surface area (Å²) in [5, 5.41) is 16.7. The van der Waals surface area contributed by atoms with Crippen molar-refractivity contribution in [3.8, 4) is 44.5 Å². The highest BCUT2D eigenvalue weighted by Crippen LogP contribution is 2.55. The number of hydrogen-bond acceptors (Lipinski definition) is 3. The molecule has 0 unspecified atom stereocenters. The SMILES string of the molecule is c1ccc(-c2ccc3ccccc3c2N2c3ccc(-c4cc5ccccc5c5ccccc45)cc3B3c4cc(-c5cc6ccccc6c6ccccc56)ccc4N(c4c(-c5ccccc5)ccc5ccccc45)c4c3c2cc2c4oc3ccccc32)cc1. The largest absolute Gasteiger partial charge is 0.454 e. The summed E-state index contributed by atoms with van der Waals surface area (Å²) in [6, 6.07) is 115. The Morgan fingerprint density at radius 1 is 0.239 bits per heavy atom. The van der Waals surface area contributed by atoms with Crippen LogP contribution in [0.25, 0.3) is 131 Å². The van der Waals surface area contributed by atoms with Crippen LogP contribution >= 0.6 is 0 Å². The monoisotopic (exact) mass is 1110 g/mol. The van der Waals surface area contributed by atoms with Gasteiger partial charge in [0, 0.05) is 49.7 Å². The highest BCUT2D eigenvalue weighted by molar-refractivity contribution is 7.00. The minimum Gasteiger partial charge on any atom is -0.454 e. The lowest BCUT2D eigenvalue weighted by Gasteiger charge is -2.45. The Kier molecular flexibility index (Phi) is 10.6. The zero-order chi connectivity index (χ0) is 57.6. The van der Waals surface area contributed by atoms with Crippen molar-refractivity contribution in [2.24, 2.45) is 0 Å². The van der Waals surface area contributed by atoms with Crippen LogP contribution in [-0.4, -0.2) is 6.71 Å². The number of para-hydroxylation sites is 1. The summed E-state index contributed by atoms with van der Waals surface area (Å²) in [6.07, 6.45) is 0. The van der Waals surface area contributed by atoms with E-state index in [0.29, 0.717) is 0 Å². The average molecular weight is 1120 g/mol. The van der Waals surface area contributed by atoms with Crippen molar-refractivity contribution >= 4 is 144 Å². The maximum Gasteiger partial charge on any atom is 0.252 e. The highest BCUT2D eigenvalue weighted by atomic mass is 16.3.